The van der Waals surface area contributed by atoms with Gasteiger partial charge in [-0.15, -0.1) is 0 Å². The van der Waals surface area contributed by atoms with Crippen LogP contribution < -0.4 is 5.73 Å². The fourth-order valence-electron chi connectivity index (χ4n) is 0.297. The van der Waals surface area contributed by atoms with Crippen LogP contribution in [0.5, 0.6) is 0 Å². The Morgan fingerprint density at radius 3 is 2.50 bits per heavy atom. The minimum atomic E-state index is -0.00694. The quantitative estimate of drug-likeness (QED) is 0.570. The molecule has 8 heavy (non-hydrogen) atoms. The lowest BCUT2D eigenvalue weighted by Gasteiger charge is -2.01. The number of hydrogen-bond acceptors (Lipinski definition) is 3. The van der Waals surface area contributed by atoms with Gasteiger partial charge in [0.2, 0.25) is 0 Å². The van der Waals surface area contributed by atoms with Crippen molar-refractivity contribution in [3.8, 4) is 0 Å². The van der Waals surface area contributed by atoms with Crippen LogP contribution in [0.4, 0.5) is 0 Å². The van der Waals surface area contributed by atoms with E-state index in [0.29, 0.717) is 0 Å². The predicted molar refractivity (Wildman–Crippen MR) is 36.5 cm³/mol. The van der Waals surface area contributed by atoms with E-state index in [1.165, 1.54) is 18.7 Å². The summed E-state index contributed by atoms with van der Waals surface area (Å²) < 4.78 is 0. The van der Waals surface area contributed by atoms with Gasteiger partial charge in [0.15, 0.2) is 5.12 Å². The lowest BCUT2D eigenvalue weighted by Crippen LogP contribution is -2.14. The van der Waals surface area contributed by atoms with Crippen molar-refractivity contribution in [2.75, 3.05) is 0 Å². The van der Waals surface area contributed by atoms with E-state index < -0.39 is 0 Å². The Bertz CT molecular complexity index is 84.5. The van der Waals surface area contributed by atoms with Gasteiger partial charge in [0.05, 0.1) is 5.37 Å². The molecule has 3 heteroatoms. The molecule has 0 aliphatic rings. The average Bonchev–Trinajstić information content (AvgIpc) is 1.65. The molecule has 1 atom stereocenters. The van der Waals surface area contributed by atoms with E-state index in [0.717, 1.165) is 6.42 Å². The van der Waals surface area contributed by atoms with Crippen molar-refractivity contribution in [3.05, 3.63) is 0 Å². The summed E-state index contributed by atoms with van der Waals surface area (Å²) in [6.45, 7) is 3.49. The molecule has 0 aromatic carbocycles. The Morgan fingerprint density at radius 2 is 2.38 bits per heavy atom. The normalized spacial score (nSPS) is 13.4. The molecule has 48 valence electrons. The Kier molecular flexibility index (Phi) is 3.91. The first kappa shape index (κ1) is 7.98. The van der Waals surface area contributed by atoms with Crippen LogP contribution in [0, 0.1) is 0 Å². The van der Waals surface area contributed by atoms with Crippen LogP contribution >= 0.6 is 11.8 Å². The summed E-state index contributed by atoms with van der Waals surface area (Å²) in [5.74, 6) is 0. The molecule has 0 amide bonds. The Morgan fingerprint density at radius 1 is 1.88 bits per heavy atom. The molecule has 0 fully saturated rings. The number of rotatable bonds is 2. The van der Waals surface area contributed by atoms with Gasteiger partial charge in [0.1, 0.15) is 0 Å². The van der Waals surface area contributed by atoms with Crippen molar-refractivity contribution in [1.29, 1.82) is 0 Å². The summed E-state index contributed by atoms with van der Waals surface area (Å²) in [4.78, 5) is 10.3. The molecule has 1 unspecified atom stereocenters. The van der Waals surface area contributed by atoms with Gasteiger partial charge in [-0.3, -0.25) is 4.79 Å². The van der Waals surface area contributed by atoms with Gasteiger partial charge in [-0.1, -0.05) is 18.7 Å². The molecule has 0 saturated carbocycles. The van der Waals surface area contributed by atoms with E-state index in [9.17, 15) is 4.79 Å². The third-order valence-electron chi connectivity index (χ3n) is 0.720. The summed E-state index contributed by atoms with van der Waals surface area (Å²) in [5, 5.41) is 0.0897. The second-order valence-electron chi connectivity index (χ2n) is 1.56. The van der Waals surface area contributed by atoms with E-state index in [1.807, 2.05) is 6.92 Å². The minimum absolute atomic E-state index is 0.00694. The van der Waals surface area contributed by atoms with Gasteiger partial charge in [-0.25, -0.2) is 0 Å². The molecule has 0 aliphatic heterocycles. The molecule has 0 saturated heterocycles. The number of carbonyl (C=O) groups excluding carboxylic acids is 1. The zero-order chi connectivity index (χ0) is 6.57. The van der Waals surface area contributed by atoms with Gasteiger partial charge >= 0.3 is 0 Å². The maximum absolute atomic E-state index is 10.3. The largest absolute Gasteiger partial charge is 0.319 e. The number of thioether (sulfide) groups is 1. The highest BCUT2D eigenvalue weighted by Crippen LogP contribution is 2.08. The Labute approximate surface area is 53.8 Å². The molecular weight excluding hydrogens is 122 g/mol. The molecule has 2 nitrogen and oxygen atoms in total. The fourth-order valence-corrected chi connectivity index (χ4v) is 0.890. The van der Waals surface area contributed by atoms with Crippen molar-refractivity contribution in [1.82, 2.24) is 0 Å². The van der Waals surface area contributed by atoms with Crippen molar-refractivity contribution in [2.45, 2.75) is 25.6 Å². The maximum atomic E-state index is 10.3. The Hall–Kier alpha value is -0.0200. The third kappa shape index (κ3) is 4.15. The second-order valence-corrected chi connectivity index (χ2v) is 2.97. The van der Waals surface area contributed by atoms with Crippen LogP contribution in [-0.2, 0) is 4.79 Å². The molecule has 0 radical (unpaired) electrons. The SMILES string of the molecule is CCC(N)SC(C)=O. The topological polar surface area (TPSA) is 43.1 Å². The zero-order valence-corrected chi connectivity index (χ0v) is 5.99. The number of nitrogens with two attached hydrogens (primary N) is 1. The molecule has 0 aromatic rings. The van der Waals surface area contributed by atoms with E-state index in [2.05, 4.69) is 0 Å². The standard InChI is InChI=1S/C5H11NOS/c1-3-5(6)8-4(2)7/h5H,3,6H2,1-2H3. The van der Waals surface area contributed by atoms with Crippen LogP contribution in [0.3, 0.4) is 0 Å². The van der Waals surface area contributed by atoms with Crippen molar-refractivity contribution in [2.24, 2.45) is 5.73 Å². The summed E-state index contributed by atoms with van der Waals surface area (Å²) in [5.41, 5.74) is 5.42. The van der Waals surface area contributed by atoms with E-state index in [4.69, 9.17) is 5.73 Å². The molecular formula is C5H11NOS. The van der Waals surface area contributed by atoms with Crippen LogP contribution in [0.1, 0.15) is 20.3 Å². The van der Waals surface area contributed by atoms with Crippen LogP contribution in [0.2, 0.25) is 0 Å². The third-order valence-corrected chi connectivity index (χ3v) is 1.69. The van der Waals surface area contributed by atoms with Gasteiger partial charge < -0.3 is 5.73 Å². The molecule has 0 bridgehead atoms. The summed E-state index contributed by atoms with van der Waals surface area (Å²) in [6, 6.07) is 0. The summed E-state index contributed by atoms with van der Waals surface area (Å²) >= 11 is 1.19. The van der Waals surface area contributed by atoms with Gasteiger partial charge in [-0.2, -0.15) is 0 Å². The maximum Gasteiger partial charge on any atom is 0.187 e. The molecule has 2 N–H and O–H groups in total. The minimum Gasteiger partial charge on any atom is -0.319 e. The zero-order valence-electron chi connectivity index (χ0n) is 5.18. The average molecular weight is 133 g/mol. The lowest BCUT2D eigenvalue weighted by atomic mass is 10.5. The van der Waals surface area contributed by atoms with Crippen molar-refractivity contribution in [3.63, 3.8) is 0 Å². The first-order valence-electron chi connectivity index (χ1n) is 2.59. The molecule has 0 spiro atoms. The first-order chi connectivity index (χ1) is 3.66. The van der Waals surface area contributed by atoms with Crippen LogP contribution in [0.25, 0.3) is 0 Å². The summed E-state index contributed by atoms with van der Waals surface area (Å²) in [6.07, 6.45) is 0.851. The number of hydrogen-bond donors (Lipinski definition) is 1. The van der Waals surface area contributed by atoms with Gasteiger partial charge in [-0.05, 0) is 6.42 Å². The predicted octanol–water partition coefficient (Wildman–Crippen LogP) is 0.961. The highest BCUT2D eigenvalue weighted by Gasteiger charge is 2.00. The Balaban J connectivity index is 3.24. The highest BCUT2D eigenvalue weighted by molar-refractivity contribution is 8.14. The first-order valence-corrected chi connectivity index (χ1v) is 3.47. The van der Waals surface area contributed by atoms with E-state index in [1.54, 1.807) is 0 Å². The van der Waals surface area contributed by atoms with E-state index in [-0.39, 0.29) is 10.5 Å². The molecule has 0 aromatic heterocycles. The second kappa shape index (κ2) is 3.92. The van der Waals surface area contributed by atoms with Crippen LogP contribution in [-0.4, -0.2) is 10.5 Å². The monoisotopic (exact) mass is 133 g/mol. The summed E-state index contributed by atoms with van der Waals surface area (Å²) in [7, 11) is 0. The fraction of sp³-hybridized carbons (Fsp3) is 0.800. The van der Waals surface area contributed by atoms with Gasteiger partial charge in [0, 0.05) is 6.92 Å². The molecule has 0 rings (SSSR count). The smallest absolute Gasteiger partial charge is 0.187 e. The van der Waals surface area contributed by atoms with Crippen molar-refractivity contribution < 1.29 is 4.79 Å². The van der Waals surface area contributed by atoms with Crippen molar-refractivity contribution >= 4 is 16.9 Å². The van der Waals surface area contributed by atoms with Crippen LogP contribution in [0.15, 0.2) is 0 Å². The number of carbonyl (C=O) groups is 1. The van der Waals surface area contributed by atoms with E-state index >= 15 is 0 Å². The molecule has 0 aliphatic carbocycles. The molecule has 0 heterocycles. The highest BCUT2D eigenvalue weighted by atomic mass is 32.2. The lowest BCUT2D eigenvalue weighted by molar-refractivity contribution is -0.109. The van der Waals surface area contributed by atoms with Gasteiger partial charge in [0.25, 0.3) is 0 Å².